The van der Waals surface area contributed by atoms with Crippen LogP contribution in [-0.4, -0.2) is 34.7 Å². The van der Waals surface area contributed by atoms with Gasteiger partial charge in [0.15, 0.2) is 5.76 Å². The lowest BCUT2D eigenvalue weighted by molar-refractivity contribution is -0.124. The van der Waals surface area contributed by atoms with E-state index >= 15 is 0 Å². The van der Waals surface area contributed by atoms with Crippen LogP contribution in [0, 0.1) is 0 Å². The Bertz CT molecular complexity index is 1000. The number of nitrogens with one attached hydrogen (secondary N) is 2. The summed E-state index contributed by atoms with van der Waals surface area (Å²) in [5, 5.41) is 11.0. The molecular formula is C21H22ClN5O2. The molecule has 0 aliphatic carbocycles. The molecule has 2 aliphatic rings. The minimum Gasteiger partial charge on any atom is -0.369 e. The molecule has 0 radical (unpaired) electrons. The quantitative estimate of drug-likeness (QED) is 0.688. The van der Waals surface area contributed by atoms with Gasteiger partial charge in [-0.1, -0.05) is 23.4 Å². The fourth-order valence-electron chi connectivity index (χ4n) is 4.02. The van der Waals surface area contributed by atoms with E-state index in [0.29, 0.717) is 18.0 Å². The molecule has 2 N–H and O–H groups in total. The number of amides is 1. The molecule has 0 bridgehead atoms. The molecule has 2 aliphatic heterocycles. The predicted octanol–water partition coefficient (Wildman–Crippen LogP) is 3.24. The molecule has 1 amide bonds. The van der Waals surface area contributed by atoms with Gasteiger partial charge in [-0.3, -0.25) is 9.78 Å². The Morgan fingerprint density at radius 2 is 1.86 bits per heavy atom. The van der Waals surface area contributed by atoms with Gasteiger partial charge in [0.05, 0.1) is 23.6 Å². The van der Waals surface area contributed by atoms with Gasteiger partial charge in [0.1, 0.15) is 11.2 Å². The van der Waals surface area contributed by atoms with Crippen LogP contribution in [0.5, 0.6) is 0 Å². The Morgan fingerprint density at radius 1 is 1.07 bits per heavy atom. The minimum atomic E-state index is -0.566. The maximum Gasteiger partial charge on any atom is 0.253 e. The van der Waals surface area contributed by atoms with E-state index in [-0.39, 0.29) is 18.3 Å². The highest BCUT2D eigenvalue weighted by atomic mass is 35.5. The molecule has 0 unspecified atom stereocenters. The standard InChI is InChI=1S/C21H21N5O2.ClH/c27-20-21(8-11-22-12-9-21)24-17-6-1-2-7-19(17)26(20)14-15-13-18(25-28-15)16-5-3-4-10-23-16;/h1-7,10,13,22,24H,8-9,11-12,14H2;1H. The van der Waals surface area contributed by atoms with Gasteiger partial charge in [-0.2, -0.15) is 0 Å². The average Bonchev–Trinajstić information content (AvgIpc) is 3.21. The van der Waals surface area contributed by atoms with Gasteiger partial charge in [0.2, 0.25) is 0 Å². The topological polar surface area (TPSA) is 83.3 Å². The number of carbonyl (C=O) groups is 1. The highest BCUT2D eigenvalue weighted by molar-refractivity contribution is 6.07. The molecule has 1 spiro atoms. The summed E-state index contributed by atoms with van der Waals surface area (Å²) >= 11 is 0. The van der Waals surface area contributed by atoms with Crippen LogP contribution in [0.2, 0.25) is 0 Å². The van der Waals surface area contributed by atoms with Crippen LogP contribution in [0.15, 0.2) is 59.3 Å². The lowest BCUT2D eigenvalue weighted by Gasteiger charge is -2.45. The zero-order chi connectivity index (χ0) is 19.0. The van der Waals surface area contributed by atoms with Gasteiger partial charge < -0.3 is 20.1 Å². The number of hydrogen-bond donors (Lipinski definition) is 2. The van der Waals surface area contributed by atoms with Crippen molar-refractivity contribution in [3.63, 3.8) is 0 Å². The second-order valence-electron chi connectivity index (χ2n) is 7.26. The smallest absolute Gasteiger partial charge is 0.253 e. The monoisotopic (exact) mass is 411 g/mol. The third-order valence-corrected chi connectivity index (χ3v) is 5.48. The Morgan fingerprint density at radius 3 is 2.66 bits per heavy atom. The summed E-state index contributed by atoms with van der Waals surface area (Å²) in [6.07, 6.45) is 3.24. The zero-order valence-electron chi connectivity index (χ0n) is 15.8. The van der Waals surface area contributed by atoms with Crippen LogP contribution in [0.4, 0.5) is 11.4 Å². The molecule has 2 aromatic heterocycles. The van der Waals surface area contributed by atoms with Gasteiger partial charge in [0.25, 0.3) is 5.91 Å². The Balaban J connectivity index is 0.00000205. The van der Waals surface area contributed by atoms with Crippen molar-refractivity contribution >= 4 is 29.7 Å². The molecular weight excluding hydrogens is 390 g/mol. The number of carbonyl (C=O) groups excluding carboxylic acids is 1. The Kier molecular flexibility index (Phi) is 5.25. The van der Waals surface area contributed by atoms with E-state index in [4.69, 9.17) is 4.52 Å². The molecule has 1 saturated heterocycles. The van der Waals surface area contributed by atoms with Gasteiger partial charge in [-0.05, 0) is 50.2 Å². The van der Waals surface area contributed by atoms with Crippen LogP contribution in [-0.2, 0) is 11.3 Å². The molecule has 1 aromatic carbocycles. The van der Waals surface area contributed by atoms with Crippen LogP contribution in [0.25, 0.3) is 11.4 Å². The molecule has 150 valence electrons. The molecule has 4 heterocycles. The largest absolute Gasteiger partial charge is 0.369 e. The predicted molar refractivity (Wildman–Crippen MR) is 113 cm³/mol. The van der Waals surface area contributed by atoms with Crippen molar-refractivity contribution in [2.24, 2.45) is 0 Å². The highest BCUT2D eigenvalue weighted by Gasteiger charge is 2.46. The zero-order valence-corrected chi connectivity index (χ0v) is 16.6. The molecule has 0 atom stereocenters. The van der Waals surface area contributed by atoms with Crippen LogP contribution >= 0.6 is 12.4 Å². The molecule has 0 saturated carbocycles. The van der Waals surface area contributed by atoms with E-state index in [1.807, 2.05) is 53.4 Å². The fraction of sp³-hybridized carbons (Fsp3) is 0.286. The number of halogens is 1. The van der Waals surface area contributed by atoms with E-state index in [0.717, 1.165) is 43.0 Å². The van der Waals surface area contributed by atoms with Crippen molar-refractivity contribution < 1.29 is 9.32 Å². The fourth-order valence-corrected chi connectivity index (χ4v) is 4.02. The van der Waals surface area contributed by atoms with Crippen molar-refractivity contribution in [3.8, 4) is 11.4 Å². The molecule has 8 heteroatoms. The lowest BCUT2D eigenvalue weighted by atomic mass is 9.84. The van der Waals surface area contributed by atoms with E-state index in [2.05, 4.69) is 20.8 Å². The first-order valence-corrected chi connectivity index (χ1v) is 9.52. The van der Waals surface area contributed by atoms with Crippen molar-refractivity contribution in [1.29, 1.82) is 0 Å². The number of para-hydroxylation sites is 2. The van der Waals surface area contributed by atoms with Gasteiger partial charge in [-0.25, -0.2) is 0 Å². The second-order valence-corrected chi connectivity index (χ2v) is 7.26. The number of fused-ring (bicyclic) bond motifs is 1. The Labute approximate surface area is 174 Å². The van der Waals surface area contributed by atoms with E-state index < -0.39 is 5.54 Å². The number of benzene rings is 1. The van der Waals surface area contributed by atoms with Gasteiger partial charge in [0, 0.05) is 12.3 Å². The van der Waals surface area contributed by atoms with E-state index in [1.54, 1.807) is 6.20 Å². The van der Waals surface area contributed by atoms with Gasteiger partial charge >= 0.3 is 0 Å². The van der Waals surface area contributed by atoms with Crippen molar-refractivity contribution in [2.45, 2.75) is 24.9 Å². The third-order valence-electron chi connectivity index (χ3n) is 5.48. The minimum absolute atomic E-state index is 0. The normalized spacial score (nSPS) is 17.4. The van der Waals surface area contributed by atoms with Crippen molar-refractivity contribution in [3.05, 3.63) is 60.5 Å². The van der Waals surface area contributed by atoms with E-state index in [9.17, 15) is 4.79 Å². The van der Waals surface area contributed by atoms with Crippen molar-refractivity contribution in [2.75, 3.05) is 23.3 Å². The summed E-state index contributed by atoms with van der Waals surface area (Å²) in [7, 11) is 0. The van der Waals surface area contributed by atoms with Crippen LogP contribution < -0.4 is 15.5 Å². The number of nitrogens with zero attached hydrogens (tertiary/aromatic N) is 3. The highest BCUT2D eigenvalue weighted by Crippen LogP contribution is 2.39. The first kappa shape index (κ1) is 19.4. The number of pyridine rings is 1. The number of aromatic nitrogens is 2. The molecule has 1 fully saturated rings. The van der Waals surface area contributed by atoms with Gasteiger partial charge in [-0.15, -0.1) is 12.4 Å². The summed E-state index contributed by atoms with van der Waals surface area (Å²) in [4.78, 5) is 19.6. The maximum atomic E-state index is 13.5. The number of rotatable bonds is 3. The maximum absolute atomic E-state index is 13.5. The Hall–Kier alpha value is -2.90. The SMILES string of the molecule is Cl.O=C1N(Cc2cc(-c3ccccn3)no2)c2ccccc2NC12CCNCC2. The number of piperidine rings is 1. The number of hydrogen-bond acceptors (Lipinski definition) is 6. The molecule has 29 heavy (non-hydrogen) atoms. The molecule has 3 aromatic rings. The van der Waals surface area contributed by atoms with Crippen LogP contribution in [0.3, 0.4) is 0 Å². The summed E-state index contributed by atoms with van der Waals surface area (Å²) in [5.74, 6) is 0.721. The first-order valence-electron chi connectivity index (χ1n) is 9.52. The first-order chi connectivity index (χ1) is 13.8. The molecule has 5 rings (SSSR count). The lowest BCUT2D eigenvalue weighted by Crippen LogP contribution is -2.61. The van der Waals surface area contributed by atoms with Crippen LogP contribution in [0.1, 0.15) is 18.6 Å². The summed E-state index contributed by atoms with van der Waals surface area (Å²) in [6, 6.07) is 15.4. The van der Waals surface area contributed by atoms with Crippen molar-refractivity contribution in [1.82, 2.24) is 15.5 Å². The number of anilines is 2. The van der Waals surface area contributed by atoms with E-state index in [1.165, 1.54) is 0 Å². The summed E-state index contributed by atoms with van der Waals surface area (Å²) in [5.41, 5.74) is 2.70. The second kappa shape index (κ2) is 7.85. The third kappa shape index (κ3) is 3.47. The summed E-state index contributed by atoms with van der Waals surface area (Å²) < 4.78 is 5.54. The average molecular weight is 412 g/mol. The molecule has 7 nitrogen and oxygen atoms in total. The summed E-state index contributed by atoms with van der Waals surface area (Å²) in [6.45, 7) is 1.98.